The zero-order valence-electron chi connectivity index (χ0n) is 18.5. The largest absolute Gasteiger partial charge is 0.508 e. The Balaban J connectivity index is 1.44. The van der Waals surface area contributed by atoms with Crippen LogP contribution in [-0.4, -0.2) is 92.9 Å². The molecule has 0 aromatic heterocycles. The molecule has 35 heavy (non-hydrogen) atoms. The van der Waals surface area contributed by atoms with E-state index in [0.29, 0.717) is 11.1 Å². The van der Waals surface area contributed by atoms with Crippen molar-refractivity contribution in [2.45, 2.75) is 43.1 Å². The first-order valence-corrected chi connectivity index (χ1v) is 11.1. The molecule has 2 heterocycles. The van der Waals surface area contributed by atoms with Crippen LogP contribution in [0.4, 0.5) is 0 Å². The number of carbonyl (C=O) groups excluding carboxylic acids is 1. The Bertz CT molecular complexity index is 970. The fraction of sp³-hybridized carbons (Fsp3) is 0.458. The Kier molecular flexibility index (Phi) is 7.87. The van der Waals surface area contributed by atoms with Gasteiger partial charge in [-0.3, -0.25) is 0 Å². The van der Waals surface area contributed by atoms with Crippen molar-refractivity contribution in [1.82, 2.24) is 0 Å². The van der Waals surface area contributed by atoms with E-state index in [9.17, 15) is 35.4 Å². The van der Waals surface area contributed by atoms with E-state index in [1.165, 1.54) is 30.5 Å². The van der Waals surface area contributed by atoms with E-state index in [0.717, 1.165) is 0 Å². The molecule has 1 fully saturated rings. The second kappa shape index (κ2) is 10.9. The van der Waals surface area contributed by atoms with Gasteiger partial charge in [0.25, 0.3) is 0 Å². The van der Waals surface area contributed by atoms with Crippen molar-refractivity contribution in [3.05, 3.63) is 59.9 Å². The van der Waals surface area contributed by atoms with Gasteiger partial charge in [-0.2, -0.15) is 0 Å². The zero-order chi connectivity index (χ0) is 25.1. The highest BCUT2D eigenvalue weighted by molar-refractivity contribution is 5.87. The molecule has 6 N–H and O–H groups in total. The standard InChI is InChI=1S/C24H28O11/c25-10-13-9-16(33-18(28)6-3-12-1-4-14(27)5-2-12)15-7-8-32-23(19(13)15)35-24-22(31)21(30)20(29)17(11-26)34-24/h1-9,15-17,19-27,29-31H,10-11H2/b6-3+/t15?,16?,17-,19?,20-,21-,22-,23?,24+/m1/s1. The van der Waals surface area contributed by atoms with Gasteiger partial charge in [0.05, 0.1) is 25.4 Å². The lowest BCUT2D eigenvalue weighted by molar-refractivity contribution is -0.339. The number of benzene rings is 1. The minimum absolute atomic E-state index is 0.107. The van der Waals surface area contributed by atoms with E-state index >= 15 is 0 Å². The first-order chi connectivity index (χ1) is 16.8. The predicted molar refractivity (Wildman–Crippen MR) is 118 cm³/mol. The third-order valence-electron chi connectivity index (χ3n) is 6.26. The minimum atomic E-state index is -1.62. The number of rotatable bonds is 7. The van der Waals surface area contributed by atoms with Crippen LogP contribution in [0.1, 0.15) is 5.56 Å². The zero-order valence-corrected chi connectivity index (χ0v) is 18.5. The molecule has 190 valence electrons. The molecule has 0 spiro atoms. The van der Waals surface area contributed by atoms with Gasteiger partial charge in [0.1, 0.15) is 36.3 Å². The molecule has 9 atom stereocenters. The van der Waals surface area contributed by atoms with Crippen molar-refractivity contribution >= 4 is 12.0 Å². The Morgan fingerprint density at radius 2 is 1.77 bits per heavy atom. The maximum absolute atomic E-state index is 12.4. The fourth-order valence-corrected chi connectivity index (χ4v) is 4.39. The number of aliphatic hydroxyl groups excluding tert-OH is 5. The number of phenols is 1. The van der Waals surface area contributed by atoms with Gasteiger partial charge in [0, 0.05) is 12.0 Å². The van der Waals surface area contributed by atoms with E-state index < -0.39 is 67.5 Å². The Morgan fingerprint density at radius 1 is 1.03 bits per heavy atom. The van der Waals surface area contributed by atoms with Gasteiger partial charge in [-0.1, -0.05) is 12.1 Å². The third-order valence-corrected chi connectivity index (χ3v) is 6.26. The molecule has 2 aliphatic heterocycles. The fourth-order valence-electron chi connectivity index (χ4n) is 4.39. The number of aromatic hydroxyl groups is 1. The van der Waals surface area contributed by atoms with Crippen LogP contribution >= 0.6 is 0 Å². The lowest BCUT2D eigenvalue weighted by Crippen LogP contribution is -2.60. The molecule has 1 aromatic rings. The predicted octanol–water partition coefficient (Wildman–Crippen LogP) is -0.832. The van der Waals surface area contributed by atoms with Crippen molar-refractivity contribution < 1.29 is 54.4 Å². The molecular weight excluding hydrogens is 464 g/mol. The van der Waals surface area contributed by atoms with Crippen LogP contribution < -0.4 is 0 Å². The number of carbonyl (C=O) groups is 1. The lowest BCUT2D eigenvalue weighted by Gasteiger charge is -2.42. The van der Waals surface area contributed by atoms with Gasteiger partial charge >= 0.3 is 5.97 Å². The maximum Gasteiger partial charge on any atom is 0.331 e. The molecular formula is C24H28O11. The van der Waals surface area contributed by atoms with Gasteiger partial charge in [-0.25, -0.2) is 4.79 Å². The first kappa shape index (κ1) is 25.3. The van der Waals surface area contributed by atoms with Crippen LogP contribution in [0.3, 0.4) is 0 Å². The summed E-state index contributed by atoms with van der Waals surface area (Å²) in [7, 11) is 0. The Labute approximate surface area is 200 Å². The van der Waals surface area contributed by atoms with E-state index in [2.05, 4.69) is 0 Å². The van der Waals surface area contributed by atoms with Crippen LogP contribution in [0.2, 0.25) is 0 Å². The molecule has 0 bridgehead atoms. The number of fused-ring (bicyclic) bond motifs is 1. The van der Waals surface area contributed by atoms with E-state index in [-0.39, 0.29) is 12.4 Å². The molecule has 11 nitrogen and oxygen atoms in total. The molecule has 11 heteroatoms. The quantitative estimate of drug-likeness (QED) is 0.159. The maximum atomic E-state index is 12.4. The van der Waals surface area contributed by atoms with Gasteiger partial charge in [0.2, 0.25) is 6.29 Å². The summed E-state index contributed by atoms with van der Waals surface area (Å²) in [6.45, 7) is -0.982. The van der Waals surface area contributed by atoms with Gasteiger partial charge in [-0.15, -0.1) is 0 Å². The van der Waals surface area contributed by atoms with Crippen LogP contribution in [0.15, 0.2) is 54.3 Å². The van der Waals surface area contributed by atoms with Crippen molar-refractivity contribution in [3.8, 4) is 5.75 Å². The van der Waals surface area contributed by atoms with Gasteiger partial charge in [0.15, 0.2) is 6.29 Å². The van der Waals surface area contributed by atoms with Crippen molar-refractivity contribution in [2.75, 3.05) is 13.2 Å². The summed E-state index contributed by atoms with van der Waals surface area (Å²) in [5.41, 5.74) is 1.17. The molecule has 1 aliphatic carbocycles. The summed E-state index contributed by atoms with van der Waals surface area (Å²) in [6.07, 6.45) is -1.79. The number of esters is 1. The normalized spacial score (nSPS) is 36.5. The first-order valence-electron chi connectivity index (χ1n) is 11.1. The Hall–Kier alpha value is -2.77. The average Bonchev–Trinajstić information content (AvgIpc) is 3.22. The number of hydrogen-bond acceptors (Lipinski definition) is 11. The second-order valence-electron chi connectivity index (χ2n) is 8.50. The van der Waals surface area contributed by atoms with Gasteiger partial charge < -0.3 is 49.6 Å². The minimum Gasteiger partial charge on any atom is -0.508 e. The molecule has 0 saturated carbocycles. The summed E-state index contributed by atoms with van der Waals surface area (Å²) < 4.78 is 22.3. The lowest BCUT2D eigenvalue weighted by atomic mass is 9.88. The van der Waals surface area contributed by atoms with Crippen LogP contribution in [0, 0.1) is 11.8 Å². The molecule has 4 rings (SSSR count). The highest BCUT2D eigenvalue weighted by atomic mass is 16.8. The molecule has 3 aliphatic rings. The highest BCUT2D eigenvalue weighted by Gasteiger charge is 2.49. The van der Waals surface area contributed by atoms with Crippen molar-refractivity contribution in [2.24, 2.45) is 11.8 Å². The van der Waals surface area contributed by atoms with Gasteiger partial charge in [-0.05, 0) is 41.5 Å². The third kappa shape index (κ3) is 5.41. The average molecular weight is 492 g/mol. The number of ether oxygens (including phenoxy) is 4. The van der Waals surface area contributed by atoms with E-state index in [1.807, 2.05) is 0 Å². The van der Waals surface area contributed by atoms with Crippen molar-refractivity contribution in [1.29, 1.82) is 0 Å². The number of phenolic OH excluding ortho intramolecular Hbond substituents is 1. The molecule has 0 amide bonds. The smallest absolute Gasteiger partial charge is 0.331 e. The topological polar surface area (TPSA) is 175 Å². The monoisotopic (exact) mass is 492 g/mol. The summed E-state index contributed by atoms with van der Waals surface area (Å²) in [5.74, 6) is -1.57. The number of hydrogen-bond donors (Lipinski definition) is 6. The Morgan fingerprint density at radius 3 is 2.46 bits per heavy atom. The summed E-state index contributed by atoms with van der Waals surface area (Å²) >= 11 is 0. The van der Waals surface area contributed by atoms with E-state index in [1.54, 1.807) is 24.3 Å². The molecule has 1 aromatic carbocycles. The van der Waals surface area contributed by atoms with Crippen molar-refractivity contribution in [3.63, 3.8) is 0 Å². The van der Waals surface area contributed by atoms with Crippen LogP contribution in [0.25, 0.3) is 6.08 Å². The SMILES string of the molecule is O=C(/C=C/c1ccc(O)cc1)OC1C=C(CO)C2C(O[C@@H]3O[C@H](CO)[C@@H](O)[C@@H](O)[C@H]3O)OC=CC12. The molecule has 4 unspecified atom stereocenters. The van der Waals surface area contributed by atoms with Crippen LogP contribution in [-0.2, 0) is 23.7 Å². The summed E-state index contributed by atoms with van der Waals surface area (Å²) in [6, 6.07) is 6.25. The summed E-state index contributed by atoms with van der Waals surface area (Å²) in [5, 5.41) is 58.9. The highest BCUT2D eigenvalue weighted by Crippen LogP contribution is 2.42. The van der Waals surface area contributed by atoms with E-state index in [4.69, 9.17) is 18.9 Å². The number of aliphatic hydroxyl groups is 5. The second-order valence-corrected chi connectivity index (χ2v) is 8.50. The summed E-state index contributed by atoms with van der Waals surface area (Å²) in [4.78, 5) is 12.4. The molecule has 1 saturated heterocycles. The molecule has 0 radical (unpaired) electrons. The van der Waals surface area contributed by atoms with Crippen LogP contribution in [0.5, 0.6) is 5.75 Å².